The fraction of sp³-hybridized carbons (Fsp3) is 1.00. The zero-order chi connectivity index (χ0) is 11.1. The van der Waals surface area contributed by atoms with Crippen LogP contribution < -0.4 is 5.32 Å². The van der Waals surface area contributed by atoms with Crippen LogP contribution in [0.25, 0.3) is 0 Å². The summed E-state index contributed by atoms with van der Waals surface area (Å²) in [6.45, 7) is 9.59. The van der Waals surface area contributed by atoms with Gasteiger partial charge >= 0.3 is 0 Å². The van der Waals surface area contributed by atoms with Crippen LogP contribution in [0.15, 0.2) is 0 Å². The molecule has 0 aromatic heterocycles. The molecule has 0 amide bonds. The second kappa shape index (κ2) is 6.49. The highest BCUT2D eigenvalue weighted by atomic mass is 15.1. The monoisotopic (exact) mass is 212 g/mol. The number of hydrogen-bond donors (Lipinski definition) is 1. The summed E-state index contributed by atoms with van der Waals surface area (Å²) in [5.41, 5.74) is 0.581. The standard InChI is InChI=1S/C13H28N2/c1-4-6-10-15(3)12-13(7-5-2)8-9-14-11-13/h14H,4-12H2,1-3H3. The van der Waals surface area contributed by atoms with Crippen molar-refractivity contribution >= 4 is 0 Å². The van der Waals surface area contributed by atoms with Crippen molar-refractivity contribution in [3.05, 3.63) is 0 Å². The van der Waals surface area contributed by atoms with Gasteiger partial charge < -0.3 is 10.2 Å². The number of unbranched alkanes of at least 4 members (excludes halogenated alkanes) is 1. The van der Waals surface area contributed by atoms with Crippen LogP contribution in [-0.4, -0.2) is 38.1 Å². The highest BCUT2D eigenvalue weighted by Gasteiger charge is 2.33. The fourth-order valence-electron chi connectivity index (χ4n) is 2.83. The van der Waals surface area contributed by atoms with E-state index in [1.807, 2.05) is 0 Å². The van der Waals surface area contributed by atoms with Crippen LogP contribution in [0.4, 0.5) is 0 Å². The Morgan fingerprint density at radius 3 is 2.60 bits per heavy atom. The fourth-order valence-corrected chi connectivity index (χ4v) is 2.83. The van der Waals surface area contributed by atoms with E-state index in [-0.39, 0.29) is 0 Å². The first-order valence-corrected chi connectivity index (χ1v) is 6.62. The molecule has 2 heteroatoms. The van der Waals surface area contributed by atoms with Gasteiger partial charge in [0.05, 0.1) is 0 Å². The average molecular weight is 212 g/mol. The number of nitrogens with one attached hydrogen (secondary N) is 1. The molecule has 0 radical (unpaired) electrons. The highest BCUT2D eigenvalue weighted by Crippen LogP contribution is 2.31. The first-order chi connectivity index (χ1) is 7.22. The third-order valence-corrected chi connectivity index (χ3v) is 3.61. The molecule has 1 N–H and O–H groups in total. The normalized spacial score (nSPS) is 26.4. The minimum atomic E-state index is 0.581. The first-order valence-electron chi connectivity index (χ1n) is 6.62. The van der Waals surface area contributed by atoms with Gasteiger partial charge in [0.15, 0.2) is 0 Å². The summed E-state index contributed by atoms with van der Waals surface area (Å²) in [6.07, 6.45) is 6.73. The van der Waals surface area contributed by atoms with Crippen molar-refractivity contribution in [2.45, 2.75) is 46.0 Å². The molecular weight excluding hydrogens is 184 g/mol. The van der Waals surface area contributed by atoms with E-state index in [0.29, 0.717) is 5.41 Å². The van der Waals surface area contributed by atoms with Crippen LogP contribution in [0, 0.1) is 5.41 Å². The van der Waals surface area contributed by atoms with Gasteiger partial charge in [-0.1, -0.05) is 26.7 Å². The average Bonchev–Trinajstić information content (AvgIpc) is 2.64. The van der Waals surface area contributed by atoms with Crippen molar-refractivity contribution in [3.8, 4) is 0 Å². The van der Waals surface area contributed by atoms with Gasteiger partial charge in [-0.2, -0.15) is 0 Å². The molecule has 0 spiro atoms. The minimum absolute atomic E-state index is 0.581. The third kappa shape index (κ3) is 4.12. The molecule has 1 aliphatic heterocycles. The van der Waals surface area contributed by atoms with Crippen LogP contribution in [0.2, 0.25) is 0 Å². The second-order valence-electron chi connectivity index (χ2n) is 5.27. The van der Waals surface area contributed by atoms with Crippen molar-refractivity contribution in [3.63, 3.8) is 0 Å². The molecule has 1 atom stereocenters. The molecule has 1 saturated heterocycles. The SMILES string of the molecule is CCCCN(C)CC1(CCC)CCNC1. The Hall–Kier alpha value is -0.0800. The summed E-state index contributed by atoms with van der Waals surface area (Å²) in [5.74, 6) is 0. The molecular formula is C13H28N2. The number of rotatable bonds is 7. The summed E-state index contributed by atoms with van der Waals surface area (Å²) in [4.78, 5) is 2.53. The van der Waals surface area contributed by atoms with E-state index in [2.05, 4.69) is 31.1 Å². The Labute approximate surface area is 95.4 Å². The molecule has 1 rings (SSSR count). The van der Waals surface area contributed by atoms with E-state index in [0.717, 1.165) is 0 Å². The summed E-state index contributed by atoms with van der Waals surface area (Å²) in [5, 5.41) is 3.53. The molecule has 0 saturated carbocycles. The van der Waals surface area contributed by atoms with E-state index in [9.17, 15) is 0 Å². The summed E-state index contributed by atoms with van der Waals surface area (Å²) >= 11 is 0. The zero-order valence-corrected chi connectivity index (χ0v) is 10.8. The molecule has 15 heavy (non-hydrogen) atoms. The lowest BCUT2D eigenvalue weighted by atomic mass is 9.82. The van der Waals surface area contributed by atoms with Crippen LogP contribution in [0.3, 0.4) is 0 Å². The van der Waals surface area contributed by atoms with Gasteiger partial charge in [-0.3, -0.25) is 0 Å². The van der Waals surface area contributed by atoms with E-state index < -0.39 is 0 Å². The van der Waals surface area contributed by atoms with Gasteiger partial charge in [0.1, 0.15) is 0 Å². The van der Waals surface area contributed by atoms with Gasteiger partial charge in [0.2, 0.25) is 0 Å². The summed E-state index contributed by atoms with van der Waals surface area (Å²) < 4.78 is 0. The molecule has 1 heterocycles. The van der Waals surface area contributed by atoms with E-state index in [1.54, 1.807) is 0 Å². The van der Waals surface area contributed by atoms with Gasteiger partial charge in [-0.05, 0) is 44.8 Å². The van der Waals surface area contributed by atoms with E-state index in [1.165, 1.54) is 58.3 Å². The lowest BCUT2D eigenvalue weighted by Gasteiger charge is -2.32. The zero-order valence-electron chi connectivity index (χ0n) is 10.8. The van der Waals surface area contributed by atoms with Gasteiger partial charge in [0, 0.05) is 13.1 Å². The number of nitrogens with zero attached hydrogens (tertiary/aromatic N) is 1. The number of hydrogen-bond acceptors (Lipinski definition) is 2. The topological polar surface area (TPSA) is 15.3 Å². The Kier molecular flexibility index (Phi) is 5.62. The van der Waals surface area contributed by atoms with Gasteiger partial charge in [0.25, 0.3) is 0 Å². The van der Waals surface area contributed by atoms with Gasteiger partial charge in [-0.15, -0.1) is 0 Å². The van der Waals surface area contributed by atoms with E-state index in [4.69, 9.17) is 0 Å². The molecule has 1 unspecified atom stereocenters. The quantitative estimate of drug-likeness (QED) is 0.697. The molecule has 2 nitrogen and oxygen atoms in total. The van der Waals surface area contributed by atoms with Crippen LogP contribution in [-0.2, 0) is 0 Å². The van der Waals surface area contributed by atoms with Crippen molar-refractivity contribution in [1.29, 1.82) is 0 Å². The Morgan fingerprint density at radius 1 is 1.27 bits per heavy atom. The van der Waals surface area contributed by atoms with E-state index >= 15 is 0 Å². The maximum Gasteiger partial charge on any atom is 0.00476 e. The van der Waals surface area contributed by atoms with Crippen molar-refractivity contribution < 1.29 is 0 Å². The molecule has 0 bridgehead atoms. The minimum Gasteiger partial charge on any atom is -0.316 e. The predicted molar refractivity (Wildman–Crippen MR) is 67.2 cm³/mol. The smallest absolute Gasteiger partial charge is 0.00476 e. The molecule has 0 aromatic rings. The Balaban J connectivity index is 2.36. The summed E-state index contributed by atoms with van der Waals surface area (Å²) in [6, 6.07) is 0. The van der Waals surface area contributed by atoms with Crippen LogP contribution >= 0.6 is 0 Å². The van der Waals surface area contributed by atoms with Crippen molar-refractivity contribution in [2.24, 2.45) is 5.41 Å². The molecule has 90 valence electrons. The highest BCUT2D eigenvalue weighted by molar-refractivity contribution is 4.89. The Bertz CT molecular complexity index is 162. The lowest BCUT2D eigenvalue weighted by Crippen LogP contribution is -2.37. The maximum atomic E-state index is 3.53. The molecule has 0 aliphatic carbocycles. The van der Waals surface area contributed by atoms with Gasteiger partial charge in [-0.25, -0.2) is 0 Å². The first kappa shape index (κ1) is 13.0. The largest absolute Gasteiger partial charge is 0.316 e. The van der Waals surface area contributed by atoms with Crippen LogP contribution in [0.5, 0.6) is 0 Å². The second-order valence-corrected chi connectivity index (χ2v) is 5.27. The molecule has 1 fully saturated rings. The third-order valence-electron chi connectivity index (χ3n) is 3.61. The van der Waals surface area contributed by atoms with Crippen LogP contribution in [0.1, 0.15) is 46.0 Å². The maximum absolute atomic E-state index is 3.53. The Morgan fingerprint density at radius 2 is 2.07 bits per heavy atom. The molecule has 1 aliphatic rings. The lowest BCUT2D eigenvalue weighted by molar-refractivity contribution is 0.176. The predicted octanol–water partition coefficient (Wildman–Crippen LogP) is 2.50. The van der Waals surface area contributed by atoms with Crippen molar-refractivity contribution in [2.75, 3.05) is 33.2 Å². The molecule has 0 aromatic carbocycles. The van der Waals surface area contributed by atoms with Crippen molar-refractivity contribution in [1.82, 2.24) is 10.2 Å². The summed E-state index contributed by atoms with van der Waals surface area (Å²) in [7, 11) is 2.28.